The van der Waals surface area contributed by atoms with Crippen LogP contribution in [0.15, 0.2) is 36.7 Å². The third-order valence-electron chi connectivity index (χ3n) is 5.13. The van der Waals surface area contributed by atoms with Gasteiger partial charge in [0.1, 0.15) is 18.0 Å². The van der Waals surface area contributed by atoms with Gasteiger partial charge in [0.15, 0.2) is 0 Å². The second-order valence-electron chi connectivity index (χ2n) is 7.77. The summed E-state index contributed by atoms with van der Waals surface area (Å²) in [5, 5.41) is 3.61. The molecule has 34 heavy (non-hydrogen) atoms. The molecule has 2 heterocycles. The fourth-order valence-electron chi connectivity index (χ4n) is 3.50. The Hall–Kier alpha value is -2.97. The van der Waals surface area contributed by atoms with Gasteiger partial charge in [-0.05, 0) is 30.3 Å². The summed E-state index contributed by atoms with van der Waals surface area (Å²) >= 11 is 5.88. The molecule has 8 nitrogen and oxygen atoms in total. The zero-order valence-electron chi connectivity index (χ0n) is 18.4. The third kappa shape index (κ3) is 6.33. The Morgan fingerprint density at radius 1 is 1.21 bits per heavy atom. The number of hydrogen-bond donors (Lipinski definition) is 2. The van der Waals surface area contributed by atoms with Crippen LogP contribution in [0.3, 0.4) is 0 Å². The number of fused-ring (bicyclic) bond motifs is 1. The molecule has 0 atom stereocenters. The van der Waals surface area contributed by atoms with Gasteiger partial charge in [0.25, 0.3) is 0 Å². The molecule has 0 spiro atoms. The molecule has 178 valence electrons. The van der Waals surface area contributed by atoms with Crippen molar-refractivity contribution in [3.05, 3.63) is 53.1 Å². The summed E-state index contributed by atoms with van der Waals surface area (Å²) in [7, 11) is -3.56. The Kier molecular flexibility index (Phi) is 7.48. The fraction of sp³-hybridized carbons (Fsp3) is 0.304. The number of sulfonamides is 1. The Balaban J connectivity index is 1.65. The molecule has 1 fully saturated rings. The highest BCUT2D eigenvalue weighted by Gasteiger charge is 2.13. The van der Waals surface area contributed by atoms with E-state index in [0.29, 0.717) is 40.1 Å². The van der Waals surface area contributed by atoms with Gasteiger partial charge >= 0.3 is 0 Å². The van der Waals surface area contributed by atoms with Gasteiger partial charge in [-0.1, -0.05) is 23.4 Å². The lowest BCUT2D eigenvalue weighted by molar-refractivity contribution is 0.0390. The Labute approximate surface area is 202 Å². The summed E-state index contributed by atoms with van der Waals surface area (Å²) in [6.45, 7) is 4.02. The van der Waals surface area contributed by atoms with E-state index in [-0.39, 0.29) is 5.02 Å². The Bertz CT molecular complexity index is 1370. The van der Waals surface area contributed by atoms with E-state index in [4.69, 9.17) is 16.3 Å². The minimum absolute atomic E-state index is 0.0302. The predicted molar refractivity (Wildman–Crippen MR) is 131 cm³/mol. The number of nitrogens with one attached hydrogen (secondary N) is 2. The van der Waals surface area contributed by atoms with E-state index in [1.54, 1.807) is 12.1 Å². The van der Waals surface area contributed by atoms with Crippen LogP contribution in [0.5, 0.6) is 0 Å². The molecular weight excluding hydrogens is 481 g/mol. The number of hydrogen-bond acceptors (Lipinski definition) is 7. The number of anilines is 3. The third-order valence-corrected chi connectivity index (χ3v) is 6.01. The summed E-state index contributed by atoms with van der Waals surface area (Å²) in [5.74, 6) is 6.09. The molecule has 1 aliphatic rings. The first-order valence-corrected chi connectivity index (χ1v) is 12.8. The van der Waals surface area contributed by atoms with Crippen LogP contribution in [0.25, 0.3) is 10.9 Å². The van der Waals surface area contributed by atoms with Crippen LogP contribution in [0.4, 0.5) is 21.6 Å². The lowest BCUT2D eigenvalue weighted by Gasteiger charge is -2.25. The largest absolute Gasteiger partial charge is 0.379 e. The molecular formula is C23H23ClFN5O3S. The van der Waals surface area contributed by atoms with Gasteiger partial charge in [0.05, 0.1) is 41.3 Å². The maximum Gasteiger partial charge on any atom is 0.229 e. The van der Waals surface area contributed by atoms with Crippen LogP contribution >= 0.6 is 11.6 Å². The SMILES string of the molecule is CS(=O)(=O)Nc1cc2c(Nc3ccc(F)c(Cl)c3)ncnc2cc1C#CCCN1CCOCC1. The minimum atomic E-state index is -3.56. The van der Waals surface area contributed by atoms with Crippen LogP contribution in [0.2, 0.25) is 5.02 Å². The monoisotopic (exact) mass is 503 g/mol. The normalized spacial score (nSPS) is 14.4. The van der Waals surface area contributed by atoms with Gasteiger partial charge in [-0.3, -0.25) is 9.62 Å². The van der Waals surface area contributed by atoms with E-state index in [1.807, 2.05) is 0 Å². The van der Waals surface area contributed by atoms with Crippen LogP contribution in [-0.4, -0.2) is 62.4 Å². The zero-order chi connectivity index (χ0) is 24.1. The van der Waals surface area contributed by atoms with Crippen LogP contribution in [0, 0.1) is 17.7 Å². The molecule has 0 unspecified atom stereocenters. The second-order valence-corrected chi connectivity index (χ2v) is 9.93. The first-order chi connectivity index (χ1) is 16.3. The summed E-state index contributed by atoms with van der Waals surface area (Å²) < 4.78 is 45.4. The molecule has 1 saturated heterocycles. The zero-order valence-corrected chi connectivity index (χ0v) is 20.0. The van der Waals surface area contributed by atoms with Gasteiger partial charge in [-0.25, -0.2) is 22.8 Å². The number of morpholine rings is 1. The molecule has 0 aliphatic carbocycles. The molecule has 11 heteroatoms. The van der Waals surface area contributed by atoms with Crippen molar-refractivity contribution < 1.29 is 17.5 Å². The predicted octanol–water partition coefficient (Wildman–Crippen LogP) is 3.61. The first-order valence-electron chi connectivity index (χ1n) is 10.6. The molecule has 0 saturated carbocycles. The maximum atomic E-state index is 13.5. The van der Waals surface area contributed by atoms with Crippen LogP contribution in [0.1, 0.15) is 12.0 Å². The maximum absolute atomic E-state index is 13.5. The average Bonchev–Trinajstić information content (AvgIpc) is 2.79. The quantitative estimate of drug-likeness (QED) is 0.496. The van der Waals surface area contributed by atoms with Gasteiger partial charge < -0.3 is 10.1 Å². The van der Waals surface area contributed by atoms with E-state index < -0.39 is 15.8 Å². The molecule has 1 aliphatic heterocycles. The molecule has 3 aromatic rings. The van der Waals surface area contributed by atoms with E-state index in [2.05, 4.69) is 36.7 Å². The number of rotatable bonds is 6. The second kappa shape index (κ2) is 10.5. The van der Waals surface area contributed by atoms with Crippen molar-refractivity contribution >= 4 is 49.7 Å². The highest BCUT2D eigenvalue weighted by atomic mass is 35.5. The molecule has 0 radical (unpaired) electrons. The van der Waals surface area contributed by atoms with Gasteiger partial charge in [-0.15, -0.1) is 0 Å². The van der Waals surface area contributed by atoms with Crippen molar-refractivity contribution in [1.29, 1.82) is 0 Å². The van der Waals surface area contributed by atoms with Crippen molar-refractivity contribution in [1.82, 2.24) is 14.9 Å². The number of nitrogens with zero attached hydrogens (tertiary/aromatic N) is 3. The topological polar surface area (TPSA) is 96.5 Å². The van der Waals surface area contributed by atoms with Crippen molar-refractivity contribution in [3.63, 3.8) is 0 Å². The lowest BCUT2D eigenvalue weighted by Crippen LogP contribution is -2.36. The lowest BCUT2D eigenvalue weighted by atomic mass is 10.1. The molecule has 2 N–H and O–H groups in total. The first kappa shape index (κ1) is 24.2. The Morgan fingerprint density at radius 3 is 2.74 bits per heavy atom. The van der Waals surface area contributed by atoms with Gasteiger partial charge in [-0.2, -0.15) is 0 Å². The molecule has 0 bridgehead atoms. The van der Waals surface area contributed by atoms with E-state index >= 15 is 0 Å². The standard InChI is InChI=1S/C23H23ClFN5O3S/c1-34(31,32)29-21-14-18-22(12-16(21)4-2-3-7-30-8-10-33-11-9-30)26-15-27-23(18)28-17-5-6-20(25)19(24)13-17/h5-6,12-15,29H,3,7-11H2,1H3,(H,26,27,28). The van der Waals surface area contributed by atoms with Crippen LogP contribution < -0.4 is 10.0 Å². The highest BCUT2D eigenvalue weighted by molar-refractivity contribution is 7.92. The average molecular weight is 504 g/mol. The number of halogens is 2. The number of benzene rings is 2. The van der Waals surface area contributed by atoms with Crippen molar-refractivity contribution in [2.24, 2.45) is 0 Å². The smallest absolute Gasteiger partial charge is 0.229 e. The van der Waals surface area contributed by atoms with E-state index in [9.17, 15) is 12.8 Å². The summed E-state index contributed by atoms with van der Waals surface area (Å²) in [6, 6.07) is 7.56. The van der Waals surface area contributed by atoms with Crippen molar-refractivity contribution in [3.8, 4) is 11.8 Å². The van der Waals surface area contributed by atoms with Crippen molar-refractivity contribution in [2.45, 2.75) is 6.42 Å². The van der Waals surface area contributed by atoms with Crippen LogP contribution in [-0.2, 0) is 14.8 Å². The fourth-order valence-corrected chi connectivity index (χ4v) is 4.25. The molecule has 2 aromatic carbocycles. The molecule has 4 rings (SSSR count). The van der Waals surface area contributed by atoms with E-state index in [1.165, 1.54) is 24.5 Å². The minimum Gasteiger partial charge on any atom is -0.379 e. The molecule has 0 amide bonds. The summed E-state index contributed by atoms with van der Waals surface area (Å²) in [6.07, 6.45) is 3.10. The number of ether oxygens (including phenoxy) is 1. The summed E-state index contributed by atoms with van der Waals surface area (Å²) in [5.41, 5.74) is 1.93. The number of aromatic nitrogens is 2. The molecule has 1 aromatic heterocycles. The Morgan fingerprint density at radius 2 is 2.00 bits per heavy atom. The van der Waals surface area contributed by atoms with Gasteiger partial charge in [0.2, 0.25) is 10.0 Å². The van der Waals surface area contributed by atoms with E-state index in [0.717, 1.165) is 39.1 Å². The van der Waals surface area contributed by atoms with Crippen molar-refractivity contribution in [2.75, 3.05) is 49.1 Å². The highest BCUT2D eigenvalue weighted by Crippen LogP contribution is 2.30. The van der Waals surface area contributed by atoms with Gasteiger partial charge in [0, 0.05) is 37.1 Å². The summed E-state index contributed by atoms with van der Waals surface area (Å²) in [4.78, 5) is 10.9.